The van der Waals surface area contributed by atoms with Crippen LogP contribution >= 0.6 is 0 Å². The molecule has 1 aliphatic rings. The van der Waals surface area contributed by atoms with Crippen molar-refractivity contribution < 1.29 is 13.2 Å². The minimum Gasteiger partial charge on any atom is -0.314 e. The lowest BCUT2D eigenvalue weighted by molar-refractivity contribution is -0.135. The summed E-state index contributed by atoms with van der Waals surface area (Å²) in [6.45, 7) is 4.96. The molecule has 0 aromatic carbocycles. The van der Waals surface area contributed by atoms with Gasteiger partial charge >= 0.3 is 6.18 Å². The van der Waals surface area contributed by atoms with Crippen LogP contribution in [0.25, 0.3) is 0 Å². The molecule has 1 N–H and O–H groups in total. The average molecular weight is 251 g/mol. The predicted octanol–water partition coefficient (Wildman–Crippen LogP) is 4.13. The van der Waals surface area contributed by atoms with Gasteiger partial charge in [-0.05, 0) is 37.6 Å². The smallest absolute Gasteiger partial charge is 0.314 e. The Morgan fingerprint density at radius 3 is 2.53 bits per heavy atom. The van der Waals surface area contributed by atoms with E-state index in [2.05, 4.69) is 19.2 Å². The molecular formula is C13H24F3N. The van der Waals surface area contributed by atoms with E-state index in [1.165, 1.54) is 12.8 Å². The normalized spacial score (nSPS) is 26.5. The summed E-state index contributed by atoms with van der Waals surface area (Å²) in [7, 11) is 0. The van der Waals surface area contributed by atoms with Gasteiger partial charge in [-0.15, -0.1) is 0 Å². The van der Waals surface area contributed by atoms with Crippen LogP contribution < -0.4 is 5.32 Å². The minimum absolute atomic E-state index is 0.201. The standard InChI is InChI=1S/C13H24F3N/c1-10(2)11-5-3-6-12(9-11)17-8-4-7-13(14,15)16/h10-12,17H,3-9H2,1-2H3. The van der Waals surface area contributed by atoms with E-state index in [-0.39, 0.29) is 6.42 Å². The first-order valence-electron chi connectivity index (χ1n) is 6.68. The monoisotopic (exact) mass is 251 g/mol. The molecule has 17 heavy (non-hydrogen) atoms. The molecule has 1 nitrogen and oxygen atoms in total. The molecule has 1 aliphatic carbocycles. The summed E-state index contributed by atoms with van der Waals surface area (Å²) in [5, 5.41) is 3.28. The van der Waals surface area contributed by atoms with Gasteiger partial charge in [-0.2, -0.15) is 13.2 Å². The lowest BCUT2D eigenvalue weighted by Gasteiger charge is -2.32. The van der Waals surface area contributed by atoms with Crippen molar-refractivity contribution in [2.24, 2.45) is 11.8 Å². The third-order valence-corrected chi connectivity index (χ3v) is 3.73. The quantitative estimate of drug-likeness (QED) is 0.724. The molecule has 0 spiro atoms. The van der Waals surface area contributed by atoms with Crippen LogP contribution in [0.5, 0.6) is 0 Å². The SMILES string of the molecule is CC(C)C1CCCC(NCCCC(F)(F)F)C1. The molecule has 0 aliphatic heterocycles. The van der Waals surface area contributed by atoms with E-state index in [4.69, 9.17) is 0 Å². The van der Waals surface area contributed by atoms with Gasteiger partial charge in [-0.25, -0.2) is 0 Å². The predicted molar refractivity (Wildman–Crippen MR) is 63.9 cm³/mol. The number of halogens is 3. The van der Waals surface area contributed by atoms with Crippen LogP contribution in [-0.4, -0.2) is 18.8 Å². The van der Waals surface area contributed by atoms with Gasteiger partial charge in [0.2, 0.25) is 0 Å². The van der Waals surface area contributed by atoms with Gasteiger partial charge < -0.3 is 5.32 Å². The van der Waals surface area contributed by atoms with Crippen molar-refractivity contribution in [3.05, 3.63) is 0 Å². The molecule has 1 saturated carbocycles. The van der Waals surface area contributed by atoms with Gasteiger partial charge in [-0.3, -0.25) is 0 Å². The first-order valence-corrected chi connectivity index (χ1v) is 6.68. The molecule has 1 fully saturated rings. The maximum absolute atomic E-state index is 12.0. The zero-order valence-corrected chi connectivity index (χ0v) is 10.8. The Morgan fingerprint density at radius 2 is 1.94 bits per heavy atom. The van der Waals surface area contributed by atoms with Crippen molar-refractivity contribution in [1.82, 2.24) is 5.32 Å². The summed E-state index contributed by atoms with van der Waals surface area (Å²) in [4.78, 5) is 0. The largest absolute Gasteiger partial charge is 0.389 e. The Hall–Kier alpha value is -0.250. The van der Waals surface area contributed by atoms with Crippen LogP contribution in [0.15, 0.2) is 0 Å². The number of hydrogen-bond acceptors (Lipinski definition) is 1. The van der Waals surface area contributed by atoms with Crippen molar-refractivity contribution in [2.75, 3.05) is 6.54 Å². The van der Waals surface area contributed by atoms with Crippen LogP contribution in [0, 0.1) is 11.8 Å². The van der Waals surface area contributed by atoms with E-state index in [9.17, 15) is 13.2 Å². The molecule has 2 unspecified atom stereocenters. The summed E-state index contributed by atoms with van der Waals surface area (Å²) in [5.41, 5.74) is 0. The van der Waals surface area contributed by atoms with Crippen LogP contribution in [-0.2, 0) is 0 Å². The highest BCUT2D eigenvalue weighted by atomic mass is 19.4. The summed E-state index contributed by atoms with van der Waals surface area (Å²) >= 11 is 0. The lowest BCUT2D eigenvalue weighted by atomic mass is 9.79. The fraction of sp³-hybridized carbons (Fsp3) is 1.00. The molecule has 0 aromatic heterocycles. The van der Waals surface area contributed by atoms with Crippen molar-refractivity contribution >= 4 is 0 Å². The van der Waals surface area contributed by atoms with Crippen molar-refractivity contribution in [2.45, 2.75) is 64.6 Å². The zero-order valence-electron chi connectivity index (χ0n) is 10.8. The van der Waals surface area contributed by atoms with Crippen molar-refractivity contribution in [3.63, 3.8) is 0 Å². The third kappa shape index (κ3) is 6.29. The number of nitrogens with one attached hydrogen (secondary N) is 1. The van der Waals surface area contributed by atoms with Crippen LogP contribution in [0.2, 0.25) is 0 Å². The summed E-state index contributed by atoms with van der Waals surface area (Å²) in [5.74, 6) is 1.43. The van der Waals surface area contributed by atoms with E-state index in [1.54, 1.807) is 0 Å². The van der Waals surface area contributed by atoms with E-state index < -0.39 is 12.6 Å². The number of alkyl halides is 3. The highest BCUT2D eigenvalue weighted by Gasteiger charge is 2.27. The van der Waals surface area contributed by atoms with E-state index >= 15 is 0 Å². The maximum atomic E-state index is 12.0. The van der Waals surface area contributed by atoms with Crippen molar-refractivity contribution in [3.8, 4) is 0 Å². The van der Waals surface area contributed by atoms with Gasteiger partial charge in [0.25, 0.3) is 0 Å². The van der Waals surface area contributed by atoms with E-state index in [0.717, 1.165) is 18.8 Å². The van der Waals surface area contributed by atoms with E-state index in [0.29, 0.717) is 18.5 Å². The second-order valence-electron chi connectivity index (χ2n) is 5.54. The Labute approximate surface area is 102 Å². The molecule has 2 atom stereocenters. The minimum atomic E-state index is -4.01. The second kappa shape index (κ2) is 6.62. The Balaban J connectivity index is 2.15. The maximum Gasteiger partial charge on any atom is 0.389 e. The second-order valence-corrected chi connectivity index (χ2v) is 5.54. The molecule has 0 aromatic rings. The first-order chi connectivity index (χ1) is 7.88. The Kier molecular flexibility index (Phi) is 5.77. The van der Waals surface area contributed by atoms with Gasteiger partial charge in [0.1, 0.15) is 0 Å². The molecule has 1 rings (SSSR count). The first kappa shape index (κ1) is 14.8. The summed E-state index contributed by atoms with van der Waals surface area (Å²) in [6.07, 6.45) is 0.262. The molecule has 4 heteroatoms. The van der Waals surface area contributed by atoms with Gasteiger partial charge in [-0.1, -0.05) is 26.7 Å². The molecule has 0 saturated heterocycles. The molecule has 0 amide bonds. The Morgan fingerprint density at radius 1 is 1.24 bits per heavy atom. The topological polar surface area (TPSA) is 12.0 Å². The molecule has 102 valence electrons. The van der Waals surface area contributed by atoms with Gasteiger partial charge in [0.05, 0.1) is 0 Å². The Bertz CT molecular complexity index is 213. The average Bonchev–Trinajstić information content (AvgIpc) is 2.23. The molecular weight excluding hydrogens is 227 g/mol. The van der Waals surface area contributed by atoms with Crippen LogP contribution in [0.1, 0.15) is 52.4 Å². The highest BCUT2D eigenvalue weighted by Crippen LogP contribution is 2.30. The fourth-order valence-corrected chi connectivity index (χ4v) is 2.61. The molecule has 0 heterocycles. The number of hydrogen-bond donors (Lipinski definition) is 1. The summed E-state index contributed by atoms with van der Waals surface area (Å²) < 4.78 is 35.9. The highest BCUT2D eigenvalue weighted by molar-refractivity contribution is 4.79. The van der Waals surface area contributed by atoms with Gasteiger partial charge in [0.15, 0.2) is 0 Å². The van der Waals surface area contributed by atoms with Crippen LogP contribution in [0.3, 0.4) is 0 Å². The van der Waals surface area contributed by atoms with Crippen molar-refractivity contribution in [1.29, 1.82) is 0 Å². The van der Waals surface area contributed by atoms with Gasteiger partial charge in [0, 0.05) is 12.5 Å². The fourth-order valence-electron chi connectivity index (χ4n) is 2.61. The summed E-state index contributed by atoms with van der Waals surface area (Å²) in [6, 6.07) is 0.435. The third-order valence-electron chi connectivity index (χ3n) is 3.73. The van der Waals surface area contributed by atoms with Crippen LogP contribution in [0.4, 0.5) is 13.2 Å². The van der Waals surface area contributed by atoms with E-state index in [1.807, 2.05) is 0 Å². The zero-order chi connectivity index (χ0) is 12.9. The lowest BCUT2D eigenvalue weighted by Crippen LogP contribution is -2.36. The number of rotatable bonds is 5. The molecule has 0 bridgehead atoms. The molecule has 0 radical (unpaired) electrons.